The molecular weight excluding hydrogens is 164 g/mol. The van der Waals surface area contributed by atoms with Crippen molar-refractivity contribution in [2.75, 3.05) is 7.11 Å². The van der Waals surface area contributed by atoms with Gasteiger partial charge in [0.15, 0.2) is 0 Å². The van der Waals surface area contributed by atoms with Crippen LogP contribution in [-0.2, 0) is 4.74 Å². The van der Waals surface area contributed by atoms with Crippen molar-refractivity contribution in [1.82, 2.24) is 0 Å². The summed E-state index contributed by atoms with van der Waals surface area (Å²) in [5.74, 6) is 0.345. The van der Waals surface area contributed by atoms with Crippen LogP contribution in [-0.4, -0.2) is 13.1 Å². The Morgan fingerprint density at radius 2 is 2.00 bits per heavy atom. The second-order valence-corrected chi connectivity index (χ2v) is 3.19. The Hall–Kier alpha value is -1.31. The average molecular weight is 175 g/mol. The Bertz CT molecular complexity index is 309. The van der Waals surface area contributed by atoms with Crippen LogP contribution in [0.2, 0.25) is 0 Å². The summed E-state index contributed by atoms with van der Waals surface area (Å²) in [6.07, 6.45) is 3.41. The minimum atomic E-state index is -0.272. The second-order valence-electron chi connectivity index (χ2n) is 3.19. The van der Waals surface area contributed by atoms with Crippen molar-refractivity contribution in [3.63, 3.8) is 0 Å². The molecule has 0 heterocycles. The monoisotopic (exact) mass is 175 g/mol. The topological polar surface area (TPSA) is 26.3 Å². The van der Waals surface area contributed by atoms with E-state index in [0.717, 1.165) is 6.42 Å². The van der Waals surface area contributed by atoms with Crippen LogP contribution in [0.15, 0.2) is 24.3 Å². The molecule has 0 spiro atoms. The van der Waals surface area contributed by atoms with Gasteiger partial charge < -0.3 is 4.74 Å². The number of carbonyl (C=O) groups excluding carboxylic acids is 1. The van der Waals surface area contributed by atoms with E-state index in [4.69, 9.17) is 0 Å². The minimum Gasteiger partial charge on any atom is -0.465 e. The van der Waals surface area contributed by atoms with Crippen LogP contribution in [0.25, 0.3) is 0 Å². The van der Waals surface area contributed by atoms with E-state index in [0.29, 0.717) is 11.5 Å². The van der Waals surface area contributed by atoms with E-state index in [2.05, 4.69) is 11.2 Å². The number of carbonyl (C=O) groups is 1. The van der Waals surface area contributed by atoms with Crippen LogP contribution in [0.1, 0.15) is 28.3 Å². The number of methoxy groups -OCH3 is 1. The van der Waals surface area contributed by atoms with Gasteiger partial charge in [0.2, 0.25) is 0 Å². The third-order valence-electron chi connectivity index (χ3n) is 2.23. The van der Waals surface area contributed by atoms with Gasteiger partial charge in [-0.1, -0.05) is 12.1 Å². The molecule has 0 aromatic heterocycles. The molecule has 1 fully saturated rings. The lowest BCUT2D eigenvalue weighted by Gasteiger charge is -2.00. The maximum atomic E-state index is 11.1. The molecule has 13 heavy (non-hydrogen) atoms. The number of hydrogen-bond acceptors (Lipinski definition) is 2. The van der Waals surface area contributed by atoms with Crippen LogP contribution >= 0.6 is 0 Å². The SMILES string of the molecule is COC(=O)c1ccc([C@@H]2[CH]C2)cc1. The van der Waals surface area contributed by atoms with E-state index >= 15 is 0 Å². The zero-order valence-corrected chi connectivity index (χ0v) is 7.49. The summed E-state index contributed by atoms with van der Waals surface area (Å²) in [4.78, 5) is 11.1. The van der Waals surface area contributed by atoms with Gasteiger partial charge in [-0.15, -0.1) is 0 Å². The quantitative estimate of drug-likeness (QED) is 0.644. The maximum absolute atomic E-state index is 11.1. The van der Waals surface area contributed by atoms with E-state index < -0.39 is 0 Å². The lowest BCUT2D eigenvalue weighted by Crippen LogP contribution is -2.00. The molecule has 0 N–H and O–H groups in total. The molecule has 0 amide bonds. The van der Waals surface area contributed by atoms with E-state index in [1.165, 1.54) is 12.7 Å². The van der Waals surface area contributed by atoms with Crippen LogP contribution in [0.5, 0.6) is 0 Å². The second kappa shape index (κ2) is 3.21. The smallest absolute Gasteiger partial charge is 0.337 e. The Kier molecular flexibility index (Phi) is 2.05. The Morgan fingerprint density at radius 1 is 1.38 bits per heavy atom. The normalized spacial score (nSPS) is 15.5. The molecule has 0 unspecified atom stereocenters. The van der Waals surface area contributed by atoms with Crippen LogP contribution in [0.4, 0.5) is 0 Å². The first kappa shape index (κ1) is 8.30. The van der Waals surface area contributed by atoms with E-state index in [9.17, 15) is 4.79 Å². The molecule has 1 aliphatic carbocycles. The molecule has 1 radical (unpaired) electrons. The molecular formula is C11H11O2. The molecule has 0 saturated heterocycles. The fourth-order valence-electron chi connectivity index (χ4n) is 1.32. The predicted molar refractivity (Wildman–Crippen MR) is 49.4 cm³/mol. The van der Waals surface area contributed by atoms with Gasteiger partial charge in [-0.05, 0) is 36.5 Å². The van der Waals surface area contributed by atoms with Gasteiger partial charge in [-0.25, -0.2) is 4.79 Å². The fraction of sp³-hybridized carbons (Fsp3) is 0.273. The summed E-state index contributed by atoms with van der Waals surface area (Å²) >= 11 is 0. The number of ether oxygens (including phenoxy) is 1. The van der Waals surface area contributed by atoms with Crippen LogP contribution in [0.3, 0.4) is 0 Å². The highest BCUT2D eigenvalue weighted by Crippen LogP contribution is 2.38. The molecule has 0 bridgehead atoms. The first-order valence-corrected chi connectivity index (χ1v) is 4.33. The van der Waals surface area contributed by atoms with E-state index in [1.807, 2.05) is 24.3 Å². The number of benzene rings is 1. The van der Waals surface area contributed by atoms with Gasteiger partial charge in [0, 0.05) is 0 Å². The predicted octanol–water partition coefficient (Wildman–Crippen LogP) is 2.16. The molecule has 0 aliphatic heterocycles. The molecule has 2 heteroatoms. The van der Waals surface area contributed by atoms with Crippen LogP contribution in [0, 0.1) is 6.42 Å². The first-order chi connectivity index (χ1) is 6.31. The van der Waals surface area contributed by atoms with Gasteiger partial charge in [0.05, 0.1) is 12.7 Å². The summed E-state index contributed by atoms with van der Waals surface area (Å²) in [5, 5.41) is 0. The molecule has 1 aliphatic rings. The standard InChI is InChI=1S/C11H11O2/c1-13-11(12)10-6-4-9(5-7-10)8-2-3-8/h2,4-8H,3H2,1H3/t8-/m1/s1. The minimum absolute atomic E-state index is 0.272. The fourth-order valence-corrected chi connectivity index (χ4v) is 1.32. The maximum Gasteiger partial charge on any atom is 0.337 e. The summed E-state index contributed by atoms with van der Waals surface area (Å²) < 4.78 is 4.61. The first-order valence-electron chi connectivity index (χ1n) is 4.33. The van der Waals surface area contributed by atoms with Gasteiger partial charge in [-0.2, -0.15) is 0 Å². The van der Waals surface area contributed by atoms with Crippen molar-refractivity contribution < 1.29 is 9.53 Å². The number of esters is 1. The summed E-state index contributed by atoms with van der Waals surface area (Å²) in [6.45, 7) is 0. The van der Waals surface area contributed by atoms with Crippen molar-refractivity contribution in [3.05, 3.63) is 41.8 Å². The zero-order chi connectivity index (χ0) is 9.26. The van der Waals surface area contributed by atoms with E-state index in [-0.39, 0.29) is 5.97 Å². The largest absolute Gasteiger partial charge is 0.465 e. The van der Waals surface area contributed by atoms with Gasteiger partial charge in [-0.3, -0.25) is 0 Å². The van der Waals surface area contributed by atoms with Crippen molar-refractivity contribution >= 4 is 5.97 Å². The van der Waals surface area contributed by atoms with Gasteiger partial charge in [0.1, 0.15) is 0 Å². The third kappa shape index (κ3) is 1.72. The van der Waals surface area contributed by atoms with Crippen molar-refractivity contribution in [1.29, 1.82) is 0 Å². The number of hydrogen-bond donors (Lipinski definition) is 0. The Labute approximate surface area is 77.5 Å². The van der Waals surface area contributed by atoms with Crippen molar-refractivity contribution in [3.8, 4) is 0 Å². The zero-order valence-electron chi connectivity index (χ0n) is 7.49. The highest BCUT2D eigenvalue weighted by atomic mass is 16.5. The highest BCUT2D eigenvalue weighted by Gasteiger charge is 2.23. The summed E-state index contributed by atoms with van der Waals surface area (Å²) in [5.41, 5.74) is 1.90. The van der Waals surface area contributed by atoms with Crippen molar-refractivity contribution in [2.45, 2.75) is 12.3 Å². The lowest BCUT2D eigenvalue weighted by molar-refractivity contribution is 0.0600. The summed E-state index contributed by atoms with van der Waals surface area (Å²) in [7, 11) is 1.39. The molecule has 1 atom stereocenters. The molecule has 67 valence electrons. The number of rotatable bonds is 2. The molecule has 1 aromatic carbocycles. The molecule has 1 saturated carbocycles. The summed E-state index contributed by atoms with van der Waals surface area (Å²) in [6, 6.07) is 7.60. The molecule has 2 nitrogen and oxygen atoms in total. The van der Waals surface area contributed by atoms with Gasteiger partial charge >= 0.3 is 5.97 Å². The van der Waals surface area contributed by atoms with E-state index in [1.54, 1.807) is 0 Å². The lowest BCUT2D eigenvalue weighted by atomic mass is 10.1. The van der Waals surface area contributed by atoms with Crippen molar-refractivity contribution in [2.24, 2.45) is 0 Å². The molecule has 2 rings (SSSR count). The molecule has 1 aromatic rings. The Balaban J connectivity index is 2.17. The average Bonchev–Trinajstić information content (AvgIpc) is 3.00. The Morgan fingerprint density at radius 3 is 2.46 bits per heavy atom. The van der Waals surface area contributed by atoms with Gasteiger partial charge in [0.25, 0.3) is 0 Å². The van der Waals surface area contributed by atoms with Crippen LogP contribution < -0.4 is 0 Å². The third-order valence-corrected chi connectivity index (χ3v) is 2.23. The highest BCUT2D eigenvalue weighted by molar-refractivity contribution is 5.89.